The summed E-state index contributed by atoms with van der Waals surface area (Å²) in [5.74, 6) is 2.26. The number of pyridine rings is 1. The quantitative estimate of drug-likeness (QED) is 0.487. The predicted octanol–water partition coefficient (Wildman–Crippen LogP) is 2.23. The molecular weight excluding hydrogens is 382 g/mol. The number of benzene rings is 1. The number of carbonyl (C=O) groups excluding carboxylic acids is 1. The summed E-state index contributed by atoms with van der Waals surface area (Å²) in [6.45, 7) is 2.40. The third kappa shape index (κ3) is 4.35. The number of aromatic nitrogens is 5. The number of methoxy groups -OCH3 is 1. The molecule has 0 bridgehead atoms. The molecule has 1 aromatic carbocycles. The van der Waals surface area contributed by atoms with Gasteiger partial charge in [-0.05, 0) is 36.8 Å². The summed E-state index contributed by atoms with van der Waals surface area (Å²) in [5.41, 5.74) is 2.56. The highest BCUT2D eigenvalue weighted by Crippen LogP contribution is 2.17. The fourth-order valence-corrected chi connectivity index (χ4v) is 2.91. The molecule has 3 heterocycles. The van der Waals surface area contributed by atoms with Gasteiger partial charge in [-0.15, -0.1) is 5.10 Å². The van der Waals surface area contributed by atoms with Gasteiger partial charge in [0.1, 0.15) is 11.6 Å². The van der Waals surface area contributed by atoms with Crippen molar-refractivity contribution in [3.05, 3.63) is 66.1 Å². The van der Waals surface area contributed by atoms with Crippen LogP contribution >= 0.6 is 0 Å². The Labute approximate surface area is 173 Å². The first-order chi connectivity index (χ1) is 14.6. The first-order valence-electron chi connectivity index (χ1n) is 9.41. The van der Waals surface area contributed by atoms with Crippen molar-refractivity contribution in [1.82, 2.24) is 29.9 Å². The second-order valence-electron chi connectivity index (χ2n) is 6.65. The van der Waals surface area contributed by atoms with Crippen molar-refractivity contribution in [2.24, 2.45) is 0 Å². The summed E-state index contributed by atoms with van der Waals surface area (Å²) in [6.07, 6.45) is 3.39. The smallest absolute Gasteiger partial charge is 0.254 e. The second-order valence-corrected chi connectivity index (χ2v) is 6.65. The number of rotatable bonds is 7. The van der Waals surface area contributed by atoms with Crippen LogP contribution in [0.15, 0.2) is 54.9 Å². The van der Waals surface area contributed by atoms with E-state index in [-0.39, 0.29) is 12.5 Å². The Morgan fingerprint density at radius 3 is 2.73 bits per heavy atom. The molecule has 0 spiro atoms. The van der Waals surface area contributed by atoms with Crippen LogP contribution in [-0.4, -0.2) is 44.1 Å². The number of hydrogen-bond acceptors (Lipinski definition) is 7. The van der Waals surface area contributed by atoms with Gasteiger partial charge in [0.25, 0.3) is 5.78 Å². The molecule has 2 N–H and O–H groups in total. The first-order valence-corrected chi connectivity index (χ1v) is 9.41. The lowest BCUT2D eigenvalue weighted by atomic mass is 10.2. The van der Waals surface area contributed by atoms with Gasteiger partial charge in [0.15, 0.2) is 5.82 Å². The van der Waals surface area contributed by atoms with Crippen LogP contribution in [0.4, 0.5) is 5.82 Å². The minimum Gasteiger partial charge on any atom is -0.497 e. The van der Waals surface area contributed by atoms with Crippen LogP contribution < -0.4 is 15.4 Å². The van der Waals surface area contributed by atoms with Gasteiger partial charge in [0, 0.05) is 36.3 Å². The Morgan fingerprint density at radius 2 is 2.00 bits per heavy atom. The predicted molar refractivity (Wildman–Crippen MR) is 112 cm³/mol. The molecule has 0 atom stereocenters. The zero-order valence-electron chi connectivity index (χ0n) is 16.7. The van der Waals surface area contributed by atoms with Crippen LogP contribution in [0.5, 0.6) is 5.75 Å². The average molecular weight is 403 g/mol. The van der Waals surface area contributed by atoms with Gasteiger partial charge in [0.05, 0.1) is 13.7 Å². The van der Waals surface area contributed by atoms with E-state index in [4.69, 9.17) is 4.74 Å². The Morgan fingerprint density at radius 1 is 1.17 bits per heavy atom. The number of aryl methyl sites for hydroxylation is 1. The maximum Gasteiger partial charge on any atom is 0.254 e. The molecular formula is C21H21N7O2. The molecule has 0 aliphatic heterocycles. The number of carbonyl (C=O) groups is 1. The Bertz CT molecular complexity index is 1160. The number of amides is 1. The summed E-state index contributed by atoms with van der Waals surface area (Å²) in [6, 6.07) is 13.1. The summed E-state index contributed by atoms with van der Waals surface area (Å²) in [7, 11) is 1.62. The monoisotopic (exact) mass is 403 g/mol. The van der Waals surface area contributed by atoms with Crippen molar-refractivity contribution >= 4 is 17.5 Å². The van der Waals surface area contributed by atoms with Gasteiger partial charge >= 0.3 is 0 Å². The molecule has 4 rings (SSSR count). The molecule has 9 heteroatoms. The molecule has 1 amide bonds. The highest BCUT2D eigenvalue weighted by Gasteiger charge is 2.12. The van der Waals surface area contributed by atoms with E-state index in [9.17, 15) is 4.79 Å². The molecule has 9 nitrogen and oxygen atoms in total. The first kappa shape index (κ1) is 19.3. The van der Waals surface area contributed by atoms with Gasteiger partial charge < -0.3 is 15.4 Å². The van der Waals surface area contributed by atoms with Crippen molar-refractivity contribution < 1.29 is 9.53 Å². The lowest BCUT2D eigenvalue weighted by molar-refractivity contribution is -0.119. The van der Waals surface area contributed by atoms with Gasteiger partial charge in [-0.2, -0.15) is 9.50 Å². The third-order valence-electron chi connectivity index (χ3n) is 4.44. The molecule has 30 heavy (non-hydrogen) atoms. The van der Waals surface area contributed by atoms with Crippen molar-refractivity contribution in [2.45, 2.75) is 13.5 Å². The topological polar surface area (TPSA) is 106 Å². The molecule has 0 saturated heterocycles. The molecule has 0 saturated carbocycles. The van der Waals surface area contributed by atoms with Gasteiger partial charge in [-0.25, -0.2) is 4.98 Å². The lowest BCUT2D eigenvalue weighted by Crippen LogP contribution is -2.29. The van der Waals surface area contributed by atoms with Gasteiger partial charge in [-0.3, -0.25) is 9.78 Å². The number of ether oxygens (including phenoxy) is 1. The van der Waals surface area contributed by atoms with E-state index < -0.39 is 0 Å². The number of fused-ring (bicyclic) bond motifs is 1. The summed E-state index contributed by atoms with van der Waals surface area (Å²) in [4.78, 5) is 25.3. The SMILES string of the molecule is COc1ccc(CNC(=O)CNc2cc(C)nc3nc(-c4cccnc4)nn23)cc1. The molecule has 0 fully saturated rings. The Hall–Kier alpha value is -4.01. The summed E-state index contributed by atoms with van der Waals surface area (Å²) < 4.78 is 6.73. The van der Waals surface area contributed by atoms with E-state index in [2.05, 4.69) is 30.7 Å². The van der Waals surface area contributed by atoms with Gasteiger partial charge in [-0.1, -0.05) is 12.1 Å². The number of anilines is 1. The van der Waals surface area contributed by atoms with E-state index in [1.54, 1.807) is 24.0 Å². The van der Waals surface area contributed by atoms with Crippen molar-refractivity contribution in [1.29, 1.82) is 0 Å². The maximum absolute atomic E-state index is 12.3. The molecule has 152 valence electrons. The van der Waals surface area contributed by atoms with Crippen LogP contribution in [0, 0.1) is 6.92 Å². The lowest BCUT2D eigenvalue weighted by Gasteiger charge is -2.09. The zero-order valence-corrected chi connectivity index (χ0v) is 16.7. The molecule has 0 radical (unpaired) electrons. The van der Waals surface area contributed by atoms with E-state index >= 15 is 0 Å². The highest BCUT2D eigenvalue weighted by atomic mass is 16.5. The Kier molecular flexibility index (Phi) is 5.51. The fourth-order valence-electron chi connectivity index (χ4n) is 2.91. The van der Waals surface area contributed by atoms with E-state index in [1.807, 2.05) is 49.4 Å². The van der Waals surface area contributed by atoms with Crippen molar-refractivity contribution in [3.8, 4) is 17.1 Å². The average Bonchev–Trinajstić information content (AvgIpc) is 3.21. The van der Waals surface area contributed by atoms with E-state index in [0.717, 1.165) is 22.6 Å². The van der Waals surface area contributed by atoms with Gasteiger partial charge in [0.2, 0.25) is 5.91 Å². The fraction of sp³-hybridized carbons (Fsp3) is 0.190. The highest BCUT2D eigenvalue weighted by molar-refractivity contribution is 5.80. The Balaban J connectivity index is 1.43. The third-order valence-corrected chi connectivity index (χ3v) is 4.44. The molecule has 3 aromatic heterocycles. The standard InChI is InChI=1S/C21H21N7O2/c1-14-10-18(23-13-19(29)24-11-15-5-7-17(30-2)8-6-15)28-21(25-14)26-20(27-28)16-4-3-9-22-12-16/h3-10,12,23H,11,13H2,1-2H3,(H,24,29). The second kappa shape index (κ2) is 8.56. The molecule has 0 aliphatic carbocycles. The molecule has 0 aliphatic rings. The zero-order chi connectivity index (χ0) is 20.9. The molecule has 0 unspecified atom stereocenters. The summed E-state index contributed by atoms with van der Waals surface area (Å²) in [5, 5.41) is 10.5. The van der Waals surface area contributed by atoms with Crippen LogP contribution in [0.3, 0.4) is 0 Å². The normalized spacial score (nSPS) is 10.7. The van der Waals surface area contributed by atoms with Crippen LogP contribution in [0.2, 0.25) is 0 Å². The number of nitrogens with zero attached hydrogens (tertiary/aromatic N) is 5. The van der Waals surface area contributed by atoms with Crippen molar-refractivity contribution in [3.63, 3.8) is 0 Å². The van der Waals surface area contributed by atoms with Crippen LogP contribution in [0.1, 0.15) is 11.3 Å². The number of hydrogen-bond donors (Lipinski definition) is 2. The van der Waals surface area contributed by atoms with Crippen LogP contribution in [-0.2, 0) is 11.3 Å². The van der Waals surface area contributed by atoms with E-state index in [0.29, 0.717) is 24.0 Å². The largest absolute Gasteiger partial charge is 0.497 e. The molecule has 4 aromatic rings. The van der Waals surface area contributed by atoms with Crippen LogP contribution in [0.25, 0.3) is 17.2 Å². The number of nitrogens with one attached hydrogen (secondary N) is 2. The summed E-state index contributed by atoms with van der Waals surface area (Å²) >= 11 is 0. The van der Waals surface area contributed by atoms with E-state index in [1.165, 1.54) is 0 Å². The maximum atomic E-state index is 12.3. The minimum absolute atomic E-state index is 0.0940. The minimum atomic E-state index is -0.138. The van der Waals surface area contributed by atoms with Crippen molar-refractivity contribution in [2.75, 3.05) is 19.0 Å².